The molecule has 1 aromatic heterocycles. The average Bonchev–Trinajstić information content (AvgIpc) is 3.09. The molecule has 2 N–H and O–H groups in total. The van der Waals surface area contributed by atoms with E-state index in [9.17, 15) is 13.2 Å². The minimum Gasteiger partial charge on any atom is -0.377 e. The van der Waals surface area contributed by atoms with Crippen LogP contribution in [-0.2, 0) is 14.8 Å². The van der Waals surface area contributed by atoms with Crippen LogP contribution in [0.3, 0.4) is 0 Å². The van der Waals surface area contributed by atoms with Gasteiger partial charge in [0.25, 0.3) is 0 Å². The normalized spacial score (nSPS) is 18.2. The Morgan fingerprint density at radius 1 is 1.39 bits per heavy atom. The summed E-state index contributed by atoms with van der Waals surface area (Å²) in [6.07, 6.45) is 2.95. The first-order valence-electron chi connectivity index (χ1n) is 7.45. The molecule has 0 spiro atoms. The van der Waals surface area contributed by atoms with Crippen molar-refractivity contribution in [1.82, 2.24) is 9.55 Å². The van der Waals surface area contributed by atoms with Crippen molar-refractivity contribution in [3.8, 4) is 5.69 Å². The lowest BCUT2D eigenvalue weighted by atomic mass is 10.2. The van der Waals surface area contributed by atoms with Gasteiger partial charge in [0.2, 0.25) is 10.0 Å². The largest absolute Gasteiger partial charge is 0.377 e. The summed E-state index contributed by atoms with van der Waals surface area (Å²) in [7, 11) is -3.56. The number of sulfonamides is 1. The van der Waals surface area contributed by atoms with E-state index in [0.717, 1.165) is 12.8 Å². The molecular formula is C15H19N3O4S. The number of aromatic amines is 1. The molecule has 8 heteroatoms. The van der Waals surface area contributed by atoms with Crippen LogP contribution in [-0.4, -0.2) is 36.4 Å². The van der Waals surface area contributed by atoms with Gasteiger partial charge in [-0.15, -0.1) is 0 Å². The highest BCUT2D eigenvalue weighted by atomic mass is 32.2. The number of hydrogen-bond acceptors (Lipinski definition) is 4. The first kappa shape index (κ1) is 15.8. The Kier molecular flexibility index (Phi) is 4.27. The number of nitrogens with zero attached hydrogens (tertiary/aromatic N) is 1. The predicted octanol–water partition coefficient (Wildman–Crippen LogP) is 1.39. The molecule has 1 saturated heterocycles. The summed E-state index contributed by atoms with van der Waals surface area (Å²) in [5.41, 5.74) is 1.25. The Morgan fingerprint density at radius 2 is 2.17 bits per heavy atom. The highest BCUT2D eigenvalue weighted by molar-refractivity contribution is 7.92. The van der Waals surface area contributed by atoms with Gasteiger partial charge in [-0.1, -0.05) is 12.1 Å². The van der Waals surface area contributed by atoms with Gasteiger partial charge >= 0.3 is 5.69 Å². The van der Waals surface area contributed by atoms with Crippen molar-refractivity contribution in [2.45, 2.75) is 25.9 Å². The van der Waals surface area contributed by atoms with Gasteiger partial charge in [-0.2, -0.15) is 0 Å². The lowest BCUT2D eigenvalue weighted by Crippen LogP contribution is -2.27. The minimum absolute atomic E-state index is 0.0810. The molecule has 23 heavy (non-hydrogen) atoms. The molecule has 124 valence electrons. The fraction of sp³-hybridized carbons (Fsp3) is 0.400. The maximum Gasteiger partial charge on any atom is 0.330 e. The Labute approximate surface area is 134 Å². The number of rotatable bonds is 5. The van der Waals surface area contributed by atoms with E-state index < -0.39 is 10.0 Å². The van der Waals surface area contributed by atoms with E-state index in [1.807, 2.05) is 0 Å². The van der Waals surface area contributed by atoms with Crippen molar-refractivity contribution in [2.24, 2.45) is 0 Å². The quantitative estimate of drug-likeness (QED) is 0.862. The predicted molar refractivity (Wildman–Crippen MR) is 87.5 cm³/mol. The first-order chi connectivity index (χ1) is 11.0. The molecule has 0 radical (unpaired) electrons. The number of ether oxygens (including phenoxy) is 1. The summed E-state index contributed by atoms with van der Waals surface area (Å²) < 4.78 is 34.1. The van der Waals surface area contributed by atoms with Gasteiger partial charge in [0.05, 0.1) is 23.2 Å². The van der Waals surface area contributed by atoms with Gasteiger partial charge in [0, 0.05) is 18.5 Å². The van der Waals surface area contributed by atoms with Crippen LogP contribution in [0.5, 0.6) is 0 Å². The molecule has 0 saturated carbocycles. The van der Waals surface area contributed by atoms with Crippen LogP contribution in [0.4, 0.5) is 5.69 Å². The highest BCUT2D eigenvalue weighted by Gasteiger charge is 2.24. The van der Waals surface area contributed by atoms with Crippen molar-refractivity contribution in [2.75, 3.05) is 17.1 Å². The number of benzene rings is 1. The molecule has 3 rings (SSSR count). The topological polar surface area (TPSA) is 93.2 Å². The number of aromatic nitrogens is 2. The monoisotopic (exact) mass is 337 g/mol. The number of aryl methyl sites for hydroxylation is 1. The zero-order valence-corrected chi connectivity index (χ0v) is 13.6. The SMILES string of the molecule is Cc1c[nH]c(=O)n1-c1ccccc1NS(=O)(=O)C[C@H]1CCCO1. The second-order valence-electron chi connectivity index (χ2n) is 5.61. The molecule has 1 atom stereocenters. The summed E-state index contributed by atoms with van der Waals surface area (Å²) in [6, 6.07) is 6.82. The van der Waals surface area contributed by atoms with Crippen LogP contribution in [0, 0.1) is 6.92 Å². The van der Waals surface area contributed by atoms with Crippen LogP contribution in [0.1, 0.15) is 18.5 Å². The number of H-pyrrole nitrogens is 1. The van der Waals surface area contributed by atoms with Gasteiger partial charge in [0.1, 0.15) is 0 Å². The van der Waals surface area contributed by atoms with Crippen molar-refractivity contribution >= 4 is 15.7 Å². The molecule has 2 heterocycles. The Morgan fingerprint density at radius 3 is 2.83 bits per heavy atom. The number of imidazole rings is 1. The van der Waals surface area contributed by atoms with E-state index in [2.05, 4.69) is 9.71 Å². The van der Waals surface area contributed by atoms with E-state index in [1.165, 1.54) is 4.57 Å². The van der Waals surface area contributed by atoms with Gasteiger partial charge in [-0.05, 0) is 31.9 Å². The zero-order valence-electron chi connectivity index (χ0n) is 12.8. The smallest absolute Gasteiger partial charge is 0.330 e. The van der Waals surface area contributed by atoms with E-state index in [1.54, 1.807) is 37.4 Å². The van der Waals surface area contributed by atoms with E-state index in [-0.39, 0.29) is 17.5 Å². The maximum atomic E-state index is 12.4. The van der Waals surface area contributed by atoms with Crippen molar-refractivity contribution in [1.29, 1.82) is 0 Å². The molecule has 0 bridgehead atoms. The summed E-state index contributed by atoms with van der Waals surface area (Å²) in [6.45, 7) is 2.38. The lowest BCUT2D eigenvalue weighted by molar-refractivity contribution is 0.127. The average molecular weight is 337 g/mol. The van der Waals surface area contributed by atoms with Crippen molar-refractivity contribution in [3.05, 3.63) is 46.6 Å². The second-order valence-corrected chi connectivity index (χ2v) is 7.37. The van der Waals surface area contributed by atoms with Gasteiger partial charge in [-0.3, -0.25) is 9.29 Å². The summed E-state index contributed by atoms with van der Waals surface area (Å²) in [5, 5.41) is 0. The van der Waals surface area contributed by atoms with Crippen molar-refractivity contribution < 1.29 is 13.2 Å². The van der Waals surface area contributed by atoms with Crippen LogP contribution >= 0.6 is 0 Å². The molecule has 1 aromatic carbocycles. The Hall–Kier alpha value is -2.06. The molecule has 2 aromatic rings. The molecule has 1 aliphatic rings. The van der Waals surface area contributed by atoms with E-state index in [0.29, 0.717) is 23.7 Å². The van der Waals surface area contributed by atoms with Gasteiger partial charge < -0.3 is 9.72 Å². The summed E-state index contributed by atoms with van der Waals surface area (Å²) in [5.74, 6) is -0.0810. The molecule has 1 aliphatic heterocycles. The molecule has 0 aliphatic carbocycles. The Bertz CT molecular complexity index is 848. The highest BCUT2D eigenvalue weighted by Crippen LogP contribution is 2.22. The molecule has 7 nitrogen and oxygen atoms in total. The third-order valence-corrected chi connectivity index (χ3v) is 5.14. The minimum atomic E-state index is -3.56. The third-order valence-electron chi connectivity index (χ3n) is 3.80. The standard InChI is InChI=1S/C15H19N3O4S/c1-11-9-16-15(19)18(11)14-7-3-2-6-13(14)17-23(20,21)10-12-5-4-8-22-12/h2-3,6-7,9,12,17H,4-5,8,10H2,1H3,(H,16,19)/t12-/m1/s1. The molecule has 0 amide bonds. The van der Waals surface area contributed by atoms with Crippen LogP contribution in [0.15, 0.2) is 35.3 Å². The van der Waals surface area contributed by atoms with E-state index in [4.69, 9.17) is 4.74 Å². The maximum absolute atomic E-state index is 12.4. The first-order valence-corrected chi connectivity index (χ1v) is 9.10. The number of anilines is 1. The lowest BCUT2D eigenvalue weighted by Gasteiger charge is -2.15. The molecule has 0 unspecified atom stereocenters. The number of para-hydroxylation sites is 2. The fourth-order valence-electron chi connectivity index (χ4n) is 2.74. The molecular weight excluding hydrogens is 318 g/mol. The zero-order chi connectivity index (χ0) is 16.4. The van der Waals surface area contributed by atoms with E-state index >= 15 is 0 Å². The van der Waals surface area contributed by atoms with Gasteiger partial charge in [-0.25, -0.2) is 13.2 Å². The van der Waals surface area contributed by atoms with Gasteiger partial charge in [0.15, 0.2) is 0 Å². The third kappa shape index (κ3) is 3.48. The van der Waals surface area contributed by atoms with Crippen molar-refractivity contribution in [3.63, 3.8) is 0 Å². The number of nitrogens with one attached hydrogen (secondary N) is 2. The molecule has 1 fully saturated rings. The second kappa shape index (κ2) is 6.21. The summed E-state index contributed by atoms with van der Waals surface area (Å²) >= 11 is 0. The van der Waals surface area contributed by atoms with Crippen LogP contribution in [0.25, 0.3) is 5.69 Å². The fourth-order valence-corrected chi connectivity index (χ4v) is 4.08. The summed E-state index contributed by atoms with van der Waals surface area (Å²) in [4.78, 5) is 14.5. The number of hydrogen-bond donors (Lipinski definition) is 2. The Balaban J connectivity index is 1.90. The van der Waals surface area contributed by atoms with Crippen LogP contribution < -0.4 is 10.4 Å². The van der Waals surface area contributed by atoms with Crippen LogP contribution in [0.2, 0.25) is 0 Å².